The second-order valence-corrected chi connectivity index (χ2v) is 8.95. The van der Waals surface area contributed by atoms with Crippen LogP contribution in [0.5, 0.6) is 0 Å². The molecule has 0 saturated carbocycles. The van der Waals surface area contributed by atoms with Crippen molar-refractivity contribution < 1.29 is 4.42 Å². The van der Waals surface area contributed by atoms with Crippen LogP contribution >= 0.6 is 0 Å². The Morgan fingerprint density at radius 2 is 1.12 bits per heavy atom. The summed E-state index contributed by atoms with van der Waals surface area (Å²) in [5, 5.41) is 9.75. The third-order valence-corrected chi connectivity index (χ3v) is 7.17. The van der Waals surface area contributed by atoms with E-state index in [1.807, 2.05) is 6.07 Å². The first kappa shape index (κ1) is 17.9. The van der Waals surface area contributed by atoms with Gasteiger partial charge in [0.1, 0.15) is 5.58 Å². The van der Waals surface area contributed by atoms with Gasteiger partial charge in [-0.05, 0) is 40.4 Å². The summed E-state index contributed by atoms with van der Waals surface area (Å²) in [5.74, 6) is 0. The molecule has 0 fully saturated rings. The fourth-order valence-corrected chi connectivity index (χ4v) is 5.70. The zero-order chi connectivity index (χ0) is 22.2. The third-order valence-electron chi connectivity index (χ3n) is 7.17. The Hall–Kier alpha value is -4.56. The first-order valence-electron chi connectivity index (χ1n) is 11.6. The van der Waals surface area contributed by atoms with Crippen molar-refractivity contribution in [3.05, 3.63) is 115 Å². The molecule has 0 aliphatic carbocycles. The Morgan fingerprint density at radius 3 is 2.00 bits per heavy atom. The number of hydrogen-bond acceptors (Lipinski definition) is 1. The van der Waals surface area contributed by atoms with Crippen molar-refractivity contribution in [2.24, 2.45) is 0 Å². The van der Waals surface area contributed by atoms with Crippen molar-refractivity contribution >= 4 is 65.3 Å². The Morgan fingerprint density at radius 1 is 0.471 bits per heavy atom. The van der Waals surface area contributed by atoms with Crippen molar-refractivity contribution in [3.8, 4) is 5.69 Å². The molecule has 158 valence electrons. The Labute approximate surface area is 195 Å². The average Bonchev–Trinajstić information content (AvgIpc) is 3.44. The average molecular weight is 434 g/mol. The SMILES string of the molecule is c1ccc2c(c1)cc(-n1c3ccccc3c3ccc4c5ccccc5oc4c31)c1ccccc12. The summed E-state index contributed by atoms with van der Waals surface area (Å²) in [6.45, 7) is 0. The molecule has 0 aliphatic heterocycles. The van der Waals surface area contributed by atoms with Crippen LogP contribution in [0.2, 0.25) is 0 Å². The fraction of sp³-hybridized carbons (Fsp3) is 0. The van der Waals surface area contributed by atoms with Crippen molar-refractivity contribution in [2.75, 3.05) is 0 Å². The van der Waals surface area contributed by atoms with E-state index >= 15 is 0 Å². The van der Waals surface area contributed by atoms with Crippen LogP contribution in [0.25, 0.3) is 71.0 Å². The zero-order valence-corrected chi connectivity index (χ0v) is 18.3. The number of benzene rings is 6. The summed E-state index contributed by atoms with van der Waals surface area (Å²) in [6.07, 6.45) is 0. The largest absolute Gasteiger partial charge is 0.454 e. The number of furan rings is 1. The van der Waals surface area contributed by atoms with E-state index in [1.54, 1.807) is 0 Å². The predicted molar refractivity (Wildman–Crippen MR) is 143 cm³/mol. The first-order valence-corrected chi connectivity index (χ1v) is 11.6. The minimum Gasteiger partial charge on any atom is -0.454 e. The standard InChI is InChI=1S/C32H19NO/c1-2-10-21-20(9-1)19-29(23-12-4-3-11-22(21)23)33-28-15-7-5-13-24(28)26-17-18-27-25-14-6-8-16-30(25)34-32(27)31(26)33/h1-19H. The number of fused-ring (bicyclic) bond motifs is 10. The van der Waals surface area contributed by atoms with E-state index in [1.165, 1.54) is 43.5 Å². The highest BCUT2D eigenvalue weighted by atomic mass is 16.3. The van der Waals surface area contributed by atoms with Crippen LogP contribution in [-0.4, -0.2) is 4.57 Å². The molecule has 2 heteroatoms. The van der Waals surface area contributed by atoms with E-state index in [2.05, 4.69) is 114 Å². The van der Waals surface area contributed by atoms with E-state index < -0.39 is 0 Å². The maximum Gasteiger partial charge on any atom is 0.160 e. The van der Waals surface area contributed by atoms with Crippen molar-refractivity contribution in [1.82, 2.24) is 4.57 Å². The van der Waals surface area contributed by atoms with E-state index in [-0.39, 0.29) is 0 Å². The summed E-state index contributed by atoms with van der Waals surface area (Å²) in [6, 6.07) is 41.1. The molecule has 0 amide bonds. The van der Waals surface area contributed by atoms with Gasteiger partial charge in [0.15, 0.2) is 5.58 Å². The van der Waals surface area contributed by atoms with Crippen molar-refractivity contribution in [2.45, 2.75) is 0 Å². The van der Waals surface area contributed by atoms with Crippen LogP contribution in [0, 0.1) is 0 Å². The Kier molecular flexibility index (Phi) is 3.42. The molecule has 6 aromatic carbocycles. The fourth-order valence-electron chi connectivity index (χ4n) is 5.70. The number of para-hydroxylation sites is 2. The molecule has 0 radical (unpaired) electrons. The van der Waals surface area contributed by atoms with Gasteiger partial charge in [0, 0.05) is 26.9 Å². The summed E-state index contributed by atoms with van der Waals surface area (Å²) in [4.78, 5) is 0. The number of nitrogens with zero attached hydrogens (tertiary/aromatic N) is 1. The maximum atomic E-state index is 6.54. The number of hydrogen-bond donors (Lipinski definition) is 0. The van der Waals surface area contributed by atoms with Gasteiger partial charge in [0.25, 0.3) is 0 Å². The van der Waals surface area contributed by atoms with Crippen molar-refractivity contribution in [3.63, 3.8) is 0 Å². The van der Waals surface area contributed by atoms with Gasteiger partial charge in [-0.3, -0.25) is 0 Å². The van der Waals surface area contributed by atoms with Crippen LogP contribution in [-0.2, 0) is 0 Å². The summed E-state index contributed by atoms with van der Waals surface area (Å²) >= 11 is 0. The molecule has 0 aliphatic rings. The highest BCUT2D eigenvalue weighted by Crippen LogP contribution is 2.42. The van der Waals surface area contributed by atoms with Gasteiger partial charge in [-0.1, -0.05) is 91.0 Å². The van der Waals surface area contributed by atoms with Crippen LogP contribution in [0.1, 0.15) is 0 Å². The van der Waals surface area contributed by atoms with Gasteiger partial charge in [-0.15, -0.1) is 0 Å². The first-order chi connectivity index (χ1) is 16.9. The minimum absolute atomic E-state index is 0.921. The normalized spacial score (nSPS) is 12.1. The third kappa shape index (κ3) is 2.24. The molecule has 2 heterocycles. The molecule has 0 N–H and O–H groups in total. The lowest BCUT2D eigenvalue weighted by Gasteiger charge is -2.14. The smallest absolute Gasteiger partial charge is 0.160 e. The number of aromatic nitrogens is 1. The van der Waals surface area contributed by atoms with Gasteiger partial charge in [-0.25, -0.2) is 0 Å². The topological polar surface area (TPSA) is 18.1 Å². The molecule has 0 bridgehead atoms. The molecule has 0 atom stereocenters. The molecule has 0 unspecified atom stereocenters. The lowest BCUT2D eigenvalue weighted by Crippen LogP contribution is -1.96. The molecular formula is C32H19NO. The van der Waals surface area contributed by atoms with Gasteiger partial charge in [-0.2, -0.15) is 0 Å². The molecule has 34 heavy (non-hydrogen) atoms. The molecule has 2 aromatic heterocycles. The molecule has 2 nitrogen and oxygen atoms in total. The highest BCUT2D eigenvalue weighted by Gasteiger charge is 2.20. The van der Waals surface area contributed by atoms with Gasteiger partial charge in [0.05, 0.1) is 16.7 Å². The lowest BCUT2D eigenvalue weighted by molar-refractivity contribution is 0.671. The predicted octanol–water partition coefficient (Wildman–Crippen LogP) is 8.99. The van der Waals surface area contributed by atoms with Crippen LogP contribution < -0.4 is 0 Å². The Balaban J connectivity index is 1.66. The quantitative estimate of drug-likeness (QED) is 0.236. The van der Waals surface area contributed by atoms with Crippen LogP contribution in [0.3, 0.4) is 0 Å². The summed E-state index contributed by atoms with van der Waals surface area (Å²) < 4.78 is 8.94. The summed E-state index contributed by atoms with van der Waals surface area (Å²) in [7, 11) is 0. The van der Waals surface area contributed by atoms with Gasteiger partial charge >= 0.3 is 0 Å². The molecular weight excluding hydrogens is 414 g/mol. The lowest BCUT2D eigenvalue weighted by atomic mass is 10.00. The zero-order valence-electron chi connectivity index (χ0n) is 18.3. The second kappa shape index (κ2) is 6.49. The highest BCUT2D eigenvalue weighted by molar-refractivity contribution is 6.22. The van der Waals surface area contributed by atoms with Crippen molar-refractivity contribution in [1.29, 1.82) is 0 Å². The minimum atomic E-state index is 0.921. The monoisotopic (exact) mass is 433 g/mol. The molecule has 8 aromatic rings. The molecule has 0 saturated heterocycles. The van der Waals surface area contributed by atoms with Gasteiger partial charge < -0.3 is 8.98 Å². The molecule has 0 spiro atoms. The summed E-state index contributed by atoms with van der Waals surface area (Å²) in [5.41, 5.74) is 5.34. The number of rotatable bonds is 1. The van der Waals surface area contributed by atoms with E-state index in [0.29, 0.717) is 0 Å². The van der Waals surface area contributed by atoms with Crippen LogP contribution in [0.4, 0.5) is 0 Å². The van der Waals surface area contributed by atoms with Crippen LogP contribution in [0.15, 0.2) is 120 Å². The Bertz CT molecular complexity index is 2070. The second-order valence-electron chi connectivity index (χ2n) is 8.95. The molecule has 8 rings (SSSR count). The van der Waals surface area contributed by atoms with E-state index in [9.17, 15) is 0 Å². The van der Waals surface area contributed by atoms with E-state index in [0.717, 1.165) is 27.5 Å². The van der Waals surface area contributed by atoms with E-state index in [4.69, 9.17) is 4.42 Å². The van der Waals surface area contributed by atoms with Gasteiger partial charge in [0.2, 0.25) is 0 Å². The maximum absolute atomic E-state index is 6.54.